The van der Waals surface area contributed by atoms with E-state index in [0.717, 1.165) is 106 Å². The monoisotopic (exact) mass is 2080 g/mol. The first kappa shape index (κ1) is 112. The van der Waals surface area contributed by atoms with E-state index in [9.17, 15) is 74.6 Å². The summed E-state index contributed by atoms with van der Waals surface area (Å²) < 4.78 is 252. The number of alkyl halides is 15. The molecule has 0 fully saturated rings. The number of nitrogens with zero attached hydrogens (tertiary/aromatic N) is 13. The first-order valence-electron chi connectivity index (χ1n) is 45.3. The van der Waals surface area contributed by atoms with Gasteiger partial charge >= 0.3 is 30.9 Å². The van der Waals surface area contributed by atoms with Gasteiger partial charge in [-0.2, -0.15) is 65.9 Å². The molecule has 5 aromatic heterocycles. The van der Waals surface area contributed by atoms with Gasteiger partial charge in [0.2, 0.25) is 0 Å². The molecule has 0 radical (unpaired) electrons. The second-order valence-corrected chi connectivity index (χ2v) is 34.2. The summed E-state index contributed by atoms with van der Waals surface area (Å²) in [6, 6.07) is 66.8. The topological polar surface area (TPSA) is 142 Å². The summed E-state index contributed by atoms with van der Waals surface area (Å²) in [4.78, 5) is 31.7. The average molecular weight is 2080 g/mol. The molecule has 38 heteroatoms. The van der Waals surface area contributed by atoms with E-state index in [1.165, 1.54) is 72.8 Å². The predicted molar refractivity (Wildman–Crippen MR) is 521 cm³/mol. The smallest absolute Gasteiger partial charge is 0.416 e. The Kier molecular flexibility index (Phi) is 42.5. The number of ether oxygens (including phenoxy) is 5. The number of pyridine rings is 2. The normalized spacial score (nSPS) is 11.7. The van der Waals surface area contributed by atoms with Crippen molar-refractivity contribution in [3.63, 3.8) is 0 Å². The summed E-state index contributed by atoms with van der Waals surface area (Å²) in [5, 5.41) is 2.05. The zero-order valence-corrected chi connectivity index (χ0v) is 81.0. The van der Waals surface area contributed by atoms with E-state index in [1.807, 2.05) is 160 Å². The van der Waals surface area contributed by atoms with Crippen LogP contribution in [0, 0.1) is 11.6 Å². The Morgan fingerprint density at radius 2 is 0.462 bits per heavy atom. The quantitative estimate of drug-likeness (QED) is 0.0336. The predicted octanol–water partition coefficient (Wildman–Crippen LogP) is 26.2. The summed E-state index contributed by atoms with van der Waals surface area (Å²) in [5.74, 6) is 3.92. The first-order chi connectivity index (χ1) is 69.3. The molecule has 0 atom stereocenters. The van der Waals surface area contributed by atoms with Gasteiger partial charge in [0.15, 0.2) is 0 Å². The minimum absolute atomic E-state index is 0.240. The van der Waals surface area contributed by atoms with E-state index in [-0.39, 0.29) is 24.8 Å². The van der Waals surface area contributed by atoms with Crippen LogP contribution in [0.1, 0.15) is 84.2 Å². The van der Waals surface area contributed by atoms with Crippen molar-refractivity contribution in [3.05, 3.63) is 440 Å². The minimum atomic E-state index is -4.38. The second kappa shape index (κ2) is 55.1. The van der Waals surface area contributed by atoms with Gasteiger partial charge in [0.1, 0.15) is 90.9 Å². The number of aromatic nitrogens is 8. The Hall–Kier alpha value is -13.4. The van der Waals surface area contributed by atoms with Gasteiger partial charge in [-0.05, 0) is 192 Å². The molecule has 5 heterocycles. The fourth-order valence-corrected chi connectivity index (χ4v) is 14.9. The van der Waals surface area contributed by atoms with Crippen LogP contribution < -0.4 is 23.7 Å². The lowest BCUT2D eigenvalue weighted by Crippen LogP contribution is -2.29. The van der Waals surface area contributed by atoms with Gasteiger partial charge in [-0.25, -0.2) is 23.7 Å². The molecule has 0 saturated carbocycles. The van der Waals surface area contributed by atoms with Crippen LogP contribution in [0.5, 0.6) is 28.7 Å². The van der Waals surface area contributed by atoms with Crippen molar-refractivity contribution in [1.29, 1.82) is 0 Å². The first-order valence-corrected chi connectivity index (χ1v) is 46.4. The summed E-state index contributed by atoms with van der Waals surface area (Å²) >= 11 is 18.9. The number of halogens is 20. The number of aryl methyl sites for hydroxylation is 3. The van der Waals surface area contributed by atoms with E-state index in [0.29, 0.717) is 173 Å². The molecular formula is C107H103Cl3F17N13O5. The van der Waals surface area contributed by atoms with Gasteiger partial charge < -0.3 is 37.4 Å². The van der Waals surface area contributed by atoms with Gasteiger partial charge in [-0.1, -0.05) is 138 Å². The maximum atomic E-state index is 14.1. The van der Waals surface area contributed by atoms with Gasteiger partial charge in [-0.15, -0.1) is 0 Å². The highest BCUT2D eigenvalue weighted by Crippen LogP contribution is 2.36. The van der Waals surface area contributed by atoms with Crippen LogP contribution in [0.2, 0.25) is 15.1 Å². The lowest BCUT2D eigenvalue weighted by Gasteiger charge is -2.23. The fraction of sp³-hybridized carbons (Fsp3) is 0.262. The van der Waals surface area contributed by atoms with Crippen LogP contribution in [0.3, 0.4) is 0 Å². The molecule has 145 heavy (non-hydrogen) atoms. The fourth-order valence-electron chi connectivity index (χ4n) is 14.3. The van der Waals surface area contributed by atoms with Crippen LogP contribution in [0.4, 0.5) is 74.6 Å². The molecule has 15 aromatic rings. The molecule has 766 valence electrons. The molecule has 18 nitrogen and oxygen atoms in total. The molecular weight excluding hydrogens is 1980 g/mol. The molecule has 0 bridgehead atoms. The van der Waals surface area contributed by atoms with Crippen molar-refractivity contribution in [2.24, 2.45) is 21.1 Å². The Labute approximate surface area is 843 Å². The Morgan fingerprint density at radius 3 is 0.662 bits per heavy atom. The standard InChI is InChI=1S/C22H20ClF3N2O.C22H20F4N2O.2C21H21ClF3N3O.C21H21F4N3O/c2*23-21-6-2-1-5-18(21)16-28(15-17-4-3-11-27-14-17)12-13-29-20-9-7-19(8-10-20)22(24,25)26;3*1-27-11-10-26-20(27)15-28(14-16-4-2-3-5-19(16)22)12-13-29-18-8-6-17(7-9-18)21(23,24)25/h2*1-11,14H,12-13,15-16H2;3*2-11H,12-15H2,1H3. The third-order valence-corrected chi connectivity index (χ3v) is 23.3. The molecule has 0 aliphatic heterocycles. The maximum absolute atomic E-state index is 14.1. The molecule has 0 aliphatic carbocycles. The lowest BCUT2D eigenvalue weighted by molar-refractivity contribution is -0.138. The van der Waals surface area contributed by atoms with E-state index >= 15 is 0 Å². The highest BCUT2D eigenvalue weighted by atomic mass is 35.5. The molecule has 0 amide bonds. The van der Waals surface area contributed by atoms with Crippen LogP contribution in [-0.2, 0) is 117 Å². The number of benzene rings is 10. The lowest BCUT2D eigenvalue weighted by atomic mass is 10.2. The van der Waals surface area contributed by atoms with E-state index in [2.05, 4.69) is 39.6 Å². The Morgan fingerprint density at radius 1 is 0.248 bits per heavy atom. The van der Waals surface area contributed by atoms with Crippen molar-refractivity contribution in [1.82, 2.24) is 63.1 Å². The third kappa shape index (κ3) is 38.3. The summed E-state index contributed by atoms with van der Waals surface area (Å²) in [7, 11) is 5.73. The van der Waals surface area contributed by atoms with Crippen LogP contribution in [0.15, 0.2) is 329 Å². The van der Waals surface area contributed by atoms with E-state index in [4.69, 9.17) is 58.5 Å². The van der Waals surface area contributed by atoms with Crippen LogP contribution >= 0.6 is 34.8 Å². The SMILES string of the molecule is Cn1ccnc1CN(CCOc1ccc(C(F)(F)F)cc1)Cc1ccccc1Cl.Cn1ccnc1CN(CCOc1ccc(C(F)(F)F)cc1)Cc1ccccc1Cl.Cn1ccnc1CN(CCOc1ccc(C(F)(F)F)cc1)Cc1ccccc1F.FC(F)(F)c1ccc(OCCN(Cc2cccnc2)Cc2ccccc2Cl)cc1.Fc1ccccc1CN(CCOc1ccc(C(F)(F)F)cc1)Cc1cccnc1. The van der Waals surface area contributed by atoms with E-state index in [1.54, 1.807) is 79.8 Å². The largest absolute Gasteiger partial charge is 0.492 e. The molecule has 0 saturated heterocycles. The van der Waals surface area contributed by atoms with Crippen molar-refractivity contribution in [2.45, 2.75) is 96.3 Å². The molecule has 0 spiro atoms. The highest BCUT2D eigenvalue weighted by Gasteiger charge is 2.34. The average Bonchev–Trinajstić information content (AvgIpc) is 1.47. The summed E-state index contributed by atoms with van der Waals surface area (Å²) in [6.45, 7) is 9.44. The molecule has 0 N–H and O–H groups in total. The number of hydrogen-bond acceptors (Lipinski definition) is 15. The number of hydrogen-bond donors (Lipinski definition) is 0. The summed E-state index contributed by atoms with van der Waals surface area (Å²) in [6.07, 6.45) is -4.13. The van der Waals surface area contributed by atoms with Crippen LogP contribution in [-0.4, -0.2) is 129 Å². The molecule has 10 aromatic carbocycles. The Balaban J connectivity index is 0.000000173. The van der Waals surface area contributed by atoms with Crippen molar-refractivity contribution < 1.29 is 98.3 Å². The number of imidazole rings is 3. The van der Waals surface area contributed by atoms with Crippen molar-refractivity contribution in [2.75, 3.05) is 65.8 Å². The highest BCUT2D eigenvalue weighted by molar-refractivity contribution is 6.32. The minimum Gasteiger partial charge on any atom is -0.492 e. The number of rotatable bonds is 40. The summed E-state index contributed by atoms with van der Waals surface area (Å²) in [5.41, 5.74) is 2.57. The molecule has 0 unspecified atom stereocenters. The maximum Gasteiger partial charge on any atom is 0.416 e. The van der Waals surface area contributed by atoms with Gasteiger partial charge in [0.05, 0.1) is 47.5 Å². The zero-order valence-electron chi connectivity index (χ0n) is 78.7. The van der Waals surface area contributed by atoms with E-state index < -0.39 is 58.7 Å². The molecule has 0 aliphatic rings. The van der Waals surface area contributed by atoms with Crippen LogP contribution in [0.25, 0.3) is 0 Å². The van der Waals surface area contributed by atoms with Gasteiger partial charge in [0, 0.05) is 188 Å². The Bertz CT molecular complexity index is 5840. The second-order valence-electron chi connectivity index (χ2n) is 32.9. The zero-order chi connectivity index (χ0) is 104. The van der Waals surface area contributed by atoms with Gasteiger partial charge in [0.25, 0.3) is 0 Å². The van der Waals surface area contributed by atoms with Crippen molar-refractivity contribution >= 4 is 34.8 Å². The van der Waals surface area contributed by atoms with Gasteiger partial charge in [-0.3, -0.25) is 34.5 Å². The molecule has 15 rings (SSSR count). The van der Waals surface area contributed by atoms with Crippen molar-refractivity contribution in [3.8, 4) is 28.7 Å². The third-order valence-electron chi connectivity index (χ3n) is 22.2.